The van der Waals surface area contributed by atoms with Crippen LogP contribution in [0.5, 0.6) is 11.5 Å². The molecule has 0 aliphatic heterocycles. The lowest BCUT2D eigenvalue weighted by Crippen LogP contribution is -2.17. The fourth-order valence-electron chi connectivity index (χ4n) is 2.85. The van der Waals surface area contributed by atoms with E-state index < -0.39 is 0 Å². The molecule has 0 amide bonds. The molecule has 0 radical (unpaired) electrons. The summed E-state index contributed by atoms with van der Waals surface area (Å²) in [4.78, 5) is 1.99. The highest BCUT2D eigenvalue weighted by atomic mass is 35.5. The van der Waals surface area contributed by atoms with E-state index >= 15 is 0 Å². The van der Waals surface area contributed by atoms with E-state index in [0.29, 0.717) is 23.7 Å². The van der Waals surface area contributed by atoms with Gasteiger partial charge < -0.3 is 10.2 Å². The molecule has 3 aromatic rings. The molecule has 0 spiro atoms. The van der Waals surface area contributed by atoms with Gasteiger partial charge in [-0.2, -0.15) is 0 Å². The van der Waals surface area contributed by atoms with Gasteiger partial charge in [-0.3, -0.25) is 4.90 Å². The summed E-state index contributed by atoms with van der Waals surface area (Å²) in [6.07, 6.45) is 0. The minimum Gasteiger partial charge on any atom is -0.508 e. The molecule has 0 aliphatic rings. The van der Waals surface area contributed by atoms with Crippen molar-refractivity contribution in [1.82, 2.24) is 4.90 Å². The number of phenols is 2. The van der Waals surface area contributed by atoms with Crippen LogP contribution in [-0.2, 0) is 13.1 Å². The van der Waals surface area contributed by atoms with Crippen LogP contribution in [0, 0.1) is 0 Å². The highest BCUT2D eigenvalue weighted by Gasteiger charge is 2.13. The van der Waals surface area contributed by atoms with Gasteiger partial charge in [0.2, 0.25) is 0 Å². The summed E-state index contributed by atoms with van der Waals surface area (Å²) in [6, 6.07) is 14.7. The summed E-state index contributed by atoms with van der Waals surface area (Å²) >= 11 is 12.0. The van der Waals surface area contributed by atoms with E-state index in [1.807, 2.05) is 42.3 Å². The second-order valence-electron chi connectivity index (χ2n) is 5.85. The molecular weight excluding hydrogens is 345 g/mol. The van der Waals surface area contributed by atoms with Crippen molar-refractivity contribution < 1.29 is 10.2 Å². The lowest BCUT2D eigenvalue weighted by Gasteiger charge is -2.20. The van der Waals surface area contributed by atoms with Gasteiger partial charge in [0.1, 0.15) is 11.5 Å². The maximum atomic E-state index is 10.2. The number of fused-ring (bicyclic) bond motifs is 1. The lowest BCUT2D eigenvalue weighted by atomic mass is 10.0. The van der Waals surface area contributed by atoms with Crippen molar-refractivity contribution in [2.24, 2.45) is 0 Å². The number of halogens is 2. The number of benzene rings is 3. The van der Waals surface area contributed by atoms with E-state index in [2.05, 4.69) is 0 Å². The topological polar surface area (TPSA) is 43.7 Å². The average Bonchev–Trinajstić information content (AvgIpc) is 2.55. The predicted octanol–water partition coefficient (Wildman–Crippen LogP) is 5.19. The van der Waals surface area contributed by atoms with Crippen LogP contribution in [0.3, 0.4) is 0 Å². The van der Waals surface area contributed by atoms with Crippen LogP contribution in [0.4, 0.5) is 0 Å². The zero-order valence-corrected chi connectivity index (χ0v) is 14.6. The number of rotatable bonds is 4. The van der Waals surface area contributed by atoms with E-state index in [-0.39, 0.29) is 16.5 Å². The zero-order chi connectivity index (χ0) is 17.3. The van der Waals surface area contributed by atoms with Crippen LogP contribution in [0.15, 0.2) is 48.5 Å². The summed E-state index contributed by atoms with van der Waals surface area (Å²) in [6.45, 7) is 0.978. The Balaban J connectivity index is 1.88. The van der Waals surface area contributed by atoms with Crippen LogP contribution < -0.4 is 0 Å². The van der Waals surface area contributed by atoms with Crippen molar-refractivity contribution in [2.45, 2.75) is 13.1 Å². The second kappa shape index (κ2) is 6.89. The molecule has 0 bridgehead atoms. The standard InChI is InChI=1S/C19H17Cl2NO2/c1-22(10-13-8-14(20)9-17(21)19(13)24)11-16-15-5-3-2-4-12(15)6-7-18(16)23/h2-9,23-24H,10-11H2,1H3. The van der Waals surface area contributed by atoms with Crippen LogP contribution in [0.2, 0.25) is 10.0 Å². The number of phenolic OH excluding ortho intramolecular Hbond substituents is 2. The van der Waals surface area contributed by atoms with Gasteiger partial charge in [0.05, 0.1) is 5.02 Å². The van der Waals surface area contributed by atoms with E-state index in [9.17, 15) is 10.2 Å². The summed E-state index contributed by atoms with van der Waals surface area (Å²) in [7, 11) is 1.91. The van der Waals surface area contributed by atoms with Gasteiger partial charge in [-0.25, -0.2) is 0 Å². The molecule has 3 aromatic carbocycles. The fourth-order valence-corrected chi connectivity index (χ4v) is 3.38. The first-order chi connectivity index (χ1) is 11.5. The Morgan fingerprint density at radius 1 is 0.958 bits per heavy atom. The molecule has 2 N–H and O–H groups in total. The van der Waals surface area contributed by atoms with Crippen LogP contribution in [0.25, 0.3) is 10.8 Å². The molecule has 0 unspecified atom stereocenters. The summed E-state index contributed by atoms with van der Waals surface area (Å²) in [5.74, 6) is 0.295. The molecule has 0 saturated carbocycles. The SMILES string of the molecule is CN(Cc1cc(Cl)cc(Cl)c1O)Cc1c(O)ccc2ccccc12. The van der Waals surface area contributed by atoms with Gasteiger partial charge in [-0.15, -0.1) is 0 Å². The van der Waals surface area contributed by atoms with Gasteiger partial charge in [-0.05, 0) is 36.0 Å². The smallest absolute Gasteiger partial charge is 0.138 e. The van der Waals surface area contributed by atoms with Crippen LogP contribution in [-0.4, -0.2) is 22.2 Å². The van der Waals surface area contributed by atoms with Crippen LogP contribution in [0.1, 0.15) is 11.1 Å². The Hall–Kier alpha value is -1.94. The first-order valence-electron chi connectivity index (χ1n) is 7.50. The van der Waals surface area contributed by atoms with E-state index in [1.54, 1.807) is 12.1 Å². The summed E-state index contributed by atoms with van der Waals surface area (Å²) in [5.41, 5.74) is 1.50. The predicted molar refractivity (Wildman–Crippen MR) is 98.9 cm³/mol. The molecule has 0 fully saturated rings. The van der Waals surface area contributed by atoms with Crippen LogP contribution >= 0.6 is 23.2 Å². The van der Waals surface area contributed by atoms with E-state index in [4.69, 9.17) is 23.2 Å². The Kier molecular flexibility index (Phi) is 4.86. The Morgan fingerprint density at radius 3 is 2.50 bits per heavy atom. The van der Waals surface area contributed by atoms with Crippen molar-refractivity contribution in [1.29, 1.82) is 0 Å². The highest BCUT2D eigenvalue weighted by molar-refractivity contribution is 6.35. The Labute approximate surface area is 150 Å². The monoisotopic (exact) mass is 361 g/mol. The highest BCUT2D eigenvalue weighted by Crippen LogP contribution is 2.33. The second-order valence-corrected chi connectivity index (χ2v) is 6.70. The third kappa shape index (κ3) is 3.44. The minimum atomic E-state index is 0.0371. The molecule has 0 aromatic heterocycles. The van der Waals surface area contributed by atoms with E-state index in [1.165, 1.54) is 6.07 Å². The van der Waals surface area contributed by atoms with Crippen molar-refractivity contribution in [3.8, 4) is 11.5 Å². The molecule has 3 nitrogen and oxygen atoms in total. The first kappa shape index (κ1) is 16.9. The third-order valence-corrected chi connectivity index (χ3v) is 4.50. The molecule has 24 heavy (non-hydrogen) atoms. The van der Waals surface area contributed by atoms with Gasteiger partial charge in [0.25, 0.3) is 0 Å². The number of aromatic hydroxyl groups is 2. The van der Waals surface area contributed by atoms with Crippen molar-refractivity contribution >= 4 is 34.0 Å². The molecule has 0 heterocycles. The maximum absolute atomic E-state index is 10.2. The van der Waals surface area contributed by atoms with Gasteiger partial charge in [-0.1, -0.05) is 53.5 Å². The zero-order valence-electron chi connectivity index (χ0n) is 13.1. The molecule has 0 atom stereocenters. The van der Waals surface area contributed by atoms with Crippen molar-refractivity contribution in [3.05, 3.63) is 69.7 Å². The van der Waals surface area contributed by atoms with Crippen molar-refractivity contribution in [3.63, 3.8) is 0 Å². The summed E-state index contributed by atoms with van der Waals surface area (Å²) < 4.78 is 0. The van der Waals surface area contributed by atoms with E-state index in [0.717, 1.165) is 16.3 Å². The van der Waals surface area contributed by atoms with Gasteiger partial charge in [0, 0.05) is 29.2 Å². The normalized spacial score (nSPS) is 11.3. The molecule has 3 rings (SSSR count). The largest absolute Gasteiger partial charge is 0.508 e. The van der Waals surface area contributed by atoms with Gasteiger partial charge in [0.15, 0.2) is 0 Å². The number of hydrogen-bond acceptors (Lipinski definition) is 3. The summed E-state index contributed by atoms with van der Waals surface area (Å²) in [5, 5.41) is 23.1. The van der Waals surface area contributed by atoms with Crippen molar-refractivity contribution in [2.75, 3.05) is 7.05 Å². The quantitative estimate of drug-likeness (QED) is 0.671. The van der Waals surface area contributed by atoms with Gasteiger partial charge >= 0.3 is 0 Å². The molecule has 124 valence electrons. The number of hydrogen-bond donors (Lipinski definition) is 2. The fraction of sp³-hybridized carbons (Fsp3) is 0.158. The molecule has 0 aliphatic carbocycles. The molecule has 5 heteroatoms. The Bertz CT molecular complexity index is 896. The lowest BCUT2D eigenvalue weighted by molar-refractivity contribution is 0.308. The average molecular weight is 362 g/mol. The Morgan fingerprint density at radius 2 is 1.71 bits per heavy atom. The third-order valence-electron chi connectivity index (χ3n) is 3.99. The molecular formula is C19H17Cl2NO2. The first-order valence-corrected chi connectivity index (χ1v) is 8.26. The maximum Gasteiger partial charge on any atom is 0.138 e. The minimum absolute atomic E-state index is 0.0371. The number of nitrogens with zero attached hydrogens (tertiary/aromatic N) is 1. The molecule has 0 saturated heterocycles.